The number of benzene rings is 2. The zero-order chi connectivity index (χ0) is 25.4. The lowest BCUT2D eigenvalue weighted by atomic mass is 9.69. The van der Waals surface area contributed by atoms with Gasteiger partial charge in [-0.3, -0.25) is 4.79 Å². The fourth-order valence-corrected chi connectivity index (χ4v) is 6.59. The number of pyridine rings is 1. The number of fused-ring (bicyclic) bond motifs is 2. The van der Waals surface area contributed by atoms with Crippen LogP contribution in [0.3, 0.4) is 0 Å². The van der Waals surface area contributed by atoms with Crippen LogP contribution in [0.1, 0.15) is 60.0 Å². The summed E-state index contributed by atoms with van der Waals surface area (Å²) >= 11 is 5.05. The van der Waals surface area contributed by atoms with Crippen molar-refractivity contribution in [1.29, 1.82) is 5.26 Å². The molecule has 0 bridgehead atoms. The lowest BCUT2D eigenvalue weighted by molar-refractivity contribution is 0.102. The highest BCUT2D eigenvalue weighted by atomic mass is 79.9. The molecule has 0 fully saturated rings. The van der Waals surface area contributed by atoms with Gasteiger partial charge in [-0.25, -0.2) is 4.98 Å². The first kappa shape index (κ1) is 24.7. The monoisotopic (exact) mass is 557 g/mol. The molecule has 6 heteroatoms. The number of halogens is 1. The second-order valence-electron chi connectivity index (χ2n) is 10.1. The zero-order valence-corrected chi connectivity index (χ0v) is 23.1. The molecular weight excluding hydrogens is 530 g/mol. The molecule has 4 aromatic rings. The predicted molar refractivity (Wildman–Crippen MR) is 151 cm³/mol. The van der Waals surface area contributed by atoms with E-state index in [9.17, 15) is 10.1 Å². The molecule has 2 heterocycles. The van der Waals surface area contributed by atoms with E-state index >= 15 is 0 Å². The van der Waals surface area contributed by atoms with Gasteiger partial charge in [0.05, 0.1) is 22.3 Å². The Morgan fingerprint density at radius 3 is 2.69 bits per heavy atom. The molecule has 182 valence electrons. The van der Waals surface area contributed by atoms with Crippen LogP contribution in [0.25, 0.3) is 22.2 Å². The number of carbonyl (C=O) groups excluding carboxylic acids is 1. The summed E-state index contributed by atoms with van der Waals surface area (Å²) < 4.78 is 0.986. The number of para-hydroxylation sites is 1. The molecule has 1 amide bonds. The van der Waals surface area contributed by atoms with Crippen molar-refractivity contribution in [2.45, 2.75) is 46.5 Å². The maximum Gasteiger partial charge on any atom is 0.257 e. The number of aromatic nitrogens is 1. The third-order valence-corrected chi connectivity index (χ3v) is 9.42. The van der Waals surface area contributed by atoms with Gasteiger partial charge in [0, 0.05) is 20.3 Å². The van der Waals surface area contributed by atoms with Gasteiger partial charge in [0.25, 0.3) is 5.91 Å². The quantitative estimate of drug-likeness (QED) is 0.268. The molecule has 1 aliphatic carbocycles. The molecule has 1 unspecified atom stereocenters. The molecule has 0 spiro atoms. The minimum Gasteiger partial charge on any atom is -0.312 e. The predicted octanol–water partition coefficient (Wildman–Crippen LogP) is 8.39. The van der Waals surface area contributed by atoms with Crippen LogP contribution in [0.5, 0.6) is 0 Å². The first-order valence-corrected chi connectivity index (χ1v) is 13.9. The summed E-state index contributed by atoms with van der Waals surface area (Å²) in [5.74, 6) is 0.369. The van der Waals surface area contributed by atoms with Crippen LogP contribution in [-0.4, -0.2) is 10.9 Å². The Balaban J connectivity index is 1.51. The molecule has 0 aliphatic heterocycles. The van der Waals surface area contributed by atoms with Gasteiger partial charge in [0.15, 0.2) is 0 Å². The van der Waals surface area contributed by atoms with E-state index in [-0.39, 0.29) is 11.3 Å². The molecule has 1 N–H and O–H groups in total. The number of hydrogen-bond acceptors (Lipinski definition) is 4. The summed E-state index contributed by atoms with van der Waals surface area (Å²) in [5.41, 5.74) is 5.00. The molecule has 1 atom stereocenters. The van der Waals surface area contributed by atoms with Gasteiger partial charge in [0.2, 0.25) is 0 Å². The number of amides is 1. The Morgan fingerprint density at radius 1 is 1.22 bits per heavy atom. The van der Waals surface area contributed by atoms with Gasteiger partial charge >= 0.3 is 0 Å². The Hall–Kier alpha value is -3.01. The van der Waals surface area contributed by atoms with Crippen molar-refractivity contribution in [1.82, 2.24) is 4.98 Å². The van der Waals surface area contributed by atoms with Gasteiger partial charge in [-0.1, -0.05) is 73.5 Å². The van der Waals surface area contributed by atoms with E-state index in [1.807, 2.05) is 54.6 Å². The fourth-order valence-electron chi connectivity index (χ4n) is 5.05. The number of nitrogens with zero attached hydrogens (tertiary/aromatic N) is 2. The molecule has 2 aromatic carbocycles. The summed E-state index contributed by atoms with van der Waals surface area (Å²) in [6.07, 6.45) is 4.07. The lowest BCUT2D eigenvalue weighted by Crippen LogP contribution is -2.28. The molecule has 36 heavy (non-hydrogen) atoms. The van der Waals surface area contributed by atoms with Crippen molar-refractivity contribution in [2.75, 3.05) is 5.32 Å². The third kappa shape index (κ3) is 4.58. The van der Waals surface area contributed by atoms with Crippen LogP contribution < -0.4 is 5.32 Å². The minimum atomic E-state index is -0.215. The largest absolute Gasteiger partial charge is 0.312 e. The molecule has 5 rings (SSSR count). The van der Waals surface area contributed by atoms with E-state index < -0.39 is 0 Å². The van der Waals surface area contributed by atoms with Crippen LogP contribution in [0.2, 0.25) is 0 Å². The second kappa shape index (κ2) is 9.80. The van der Waals surface area contributed by atoms with Gasteiger partial charge in [-0.2, -0.15) is 5.26 Å². The van der Waals surface area contributed by atoms with Crippen LogP contribution in [0, 0.1) is 22.7 Å². The van der Waals surface area contributed by atoms with E-state index in [1.165, 1.54) is 4.88 Å². The van der Waals surface area contributed by atoms with Crippen LogP contribution >= 0.6 is 27.3 Å². The lowest BCUT2D eigenvalue weighted by Gasteiger charge is -2.36. The standard InChI is InChI=1S/C30H28BrN3OS/c1-4-30(2,3)19-11-14-22-24(17-32)29(36-27(22)15-19)34-28(35)23-16-26(18-9-12-20(31)13-10-18)33-25-8-6-5-7-21(23)25/h5-10,12-13,16,19H,4,11,14-15H2,1-3H3,(H,34,35). The SMILES string of the molecule is CCC(C)(C)C1CCc2c(sc(NC(=O)c3cc(-c4ccc(Br)cc4)nc4ccccc34)c2C#N)C1. The van der Waals surface area contributed by atoms with Gasteiger partial charge < -0.3 is 5.32 Å². The van der Waals surface area contributed by atoms with Gasteiger partial charge in [0.1, 0.15) is 11.1 Å². The fraction of sp³-hybridized carbons (Fsp3) is 0.300. The van der Waals surface area contributed by atoms with E-state index in [1.54, 1.807) is 11.3 Å². The highest BCUT2D eigenvalue weighted by Gasteiger charge is 2.34. The summed E-state index contributed by atoms with van der Waals surface area (Å²) in [6, 6.07) is 19.8. The van der Waals surface area contributed by atoms with E-state index in [2.05, 4.69) is 48.1 Å². The number of carbonyl (C=O) groups is 1. The highest BCUT2D eigenvalue weighted by Crippen LogP contribution is 2.45. The van der Waals surface area contributed by atoms with Crippen LogP contribution in [0.15, 0.2) is 59.1 Å². The number of nitriles is 1. The summed E-state index contributed by atoms with van der Waals surface area (Å²) in [6.45, 7) is 6.92. The van der Waals surface area contributed by atoms with Crippen molar-refractivity contribution in [3.8, 4) is 17.3 Å². The van der Waals surface area contributed by atoms with Crippen molar-refractivity contribution >= 4 is 49.1 Å². The van der Waals surface area contributed by atoms with Crippen LogP contribution in [0.4, 0.5) is 5.00 Å². The molecule has 0 saturated heterocycles. The van der Waals surface area contributed by atoms with Gasteiger partial charge in [-0.05, 0) is 60.4 Å². The van der Waals surface area contributed by atoms with Crippen LogP contribution in [-0.2, 0) is 12.8 Å². The minimum absolute atomic E-state index is 0.215. The molecule has 0 radical (unpaired) electrons. The molecule has 4 nitrogen and oxygen atoms in total. The van der Waals surface area contributed by atoms with Crippen molar-refractivity contribution in [2.24, 2.45) is 11.3 Å². The number of hydrogen-bond donors (Lipinski definition) is 1. The van der Waals surface area contributed by atoms with E-state index in [0.29, 0.717) is 22.0 Å². The Labute approximate surface area is 224 Å². The zero-order valence-electron chi connectivity index (χ0n) is 20.7. The molecule has 1 aliphatic rings. The normalized spacial score (nSPS) is 15.4. The maximum atomic E-state index is 13.7. The first-order valence-electron chi connectivity index (χ1n) is 12.3. The first-order chi connectivity index (χ1) is 17.3. The Kier molecular flexibility index (Phi) is 6.72. The van der Waals surface area contributed by atoms with Gasteiger partial charge in [-0.15, -0.1) is 11.3 Å². The smallest absolute Gasteiger partial charge is 0.257 e. The van der Waals surface area contributed by atoms with Crippen molar-refractivity contribution in [3.63, 3.8) is 0 Å². The average molecular weight is 559 g/mol. The molecular formula is C30H28BrN3OS. The summed E-state index contributed by atoms with van der Waals surface area (Å²) in [4.78, 5) is 19.7. The number of nitrogens with one attached hydrogen (secondary N) is 1. The number of rotatable bonds is 5. The Morgan fingerprint density at radius 2 is 1.97 bits per heavy atom. The highest BCUT2D eigenvalue weighted by molar-refractivity contribution is 9.10. The van der Waals surface area contributed by atoms with E-state index in [0.717, 1.165) is 57.9 Å². The summed E-state index contributed by atoms with van der Waals surface area (Å²) in [7, 11) is 0. The molecule has 2 aromatic heterocycles. The second-order valence-corrected chi connectivity index (χ2v) is 12.2. The Bertz CT molecular complexity index is 1500. The van der Waals surface area contributed by atoms with E-state index in [4.69, 9.17) is 4.98 Å². The molecule has 0 saturated carbocycles. The van der Waals surface area contributed by atoms with Crippen molar-refractivity contribution < 1.29 is 4.79 Å². The maximum absolute atomic E-state index is 13.7. The topological polar surface area (TPSA) is 65.8 Å². The van der Waals surface area contributed by atoms with Crippen molar-refractivity contribution in [3.05, 3.63) is 80.6 Å². The number of thiophene rings is 1. The summed E-state index contributed by atoms with van der Waals surface area (Å²) in [5, 5.41) is 14.6. The third-order valence-electron chi connectivity index (χ3n) is 7.72. The average Bonchev–Trinajstić information content (AvgIpc) is 3.24. The number of anilines is 1.